The first kappa shape index (κ1) is 16.6. The molecule has 0 saturated carbocycles. The van der Waals surface area contributed by atoms with Gasteiger partial charge in [-0.15, -0.1) is 0 Å². The van der Waals surface area contributed by atoms with Crippen LogP contribution in [0.4, 0.5) is 5.69 Å². The van der Waals surface area contributed by atoms with Gasteiger partial charge in [0.15, 0.2) is 0 Å². The molecule has 2 aromatic rings. The van der Waals surface area contributed by atoms with E-state index in [4.69, 9.17) is 23.2 Å². The molecular weight excluding hydrogens is 355 g/mol. The van der Waals surface area contributed by atoms with Crippen molar-refractivity contribution in [2.75, 3.05) is 10.8 Å². The summed E-state index contributed by atoms with van der Waals surface area (Å²) < 4.78 is 27.8. The topological polar surface area (TPSA) is 49.4 Å². The minimum Gasteiger partial charge on any atom is -0.308 e. The van der Waals surface area contributed by atoms with Gasteiger partial charge in [-0.05, 0) is 30.7 Å². The summed E-state index contributed by atoms with van der Waals surface area (Å²) in [7, 11) is -3.86. The summed E-state index contributed by atoms with van der Waals surface area (Å²) in [5, 5.41) is 3.56. The predicted molar refractivity (Wildman–Crippen MR) is 93.7 cm³/mol. The smallest absolute Gasteiger partial charge is 0.267 e. The molecule has 1 aliphatic heterocycles. The lowest BCUT2D eigenvalue weighted by Gasteiger charge is -2.26. The number of sulfonamides is 1. The zero-order valence-electron chi connectivity index (χ0n) is 12.5. The van der Waals surface area contributed by atoms with Crippen LogP contribution in [0.15, 0.2) is 47.4 Å². The van der Waals surface area contributed by atoms with E-state index < -0.39 is 10.0 Å². The maximum Gasteiger partial charge on any atom is 0.267 e. The van der Waals surface area contributed by atoms with Crippen LogP contribution in [0.1, 0.15) is 12.5 Å². The molecule has 1 heterocycles. The summed E-state index contributed by atoms with van der Waals surface area (Å²) in [5.41, 5.74) is 1.57. The maximum atomic E-state index is 13.2. The fraction of sp³-hybridized carbons (Fsp3) is 0.250. The van der Waals surface area contributed by atoms with Crippen LogP contribution in [0.5, 0.6) is 0 Å². The maximum absolute atomic E-state index is 13.2. The third-order valence-corrected chi connectivity index (χ3v) is 6.54. The Morgan fingerprint density at radius 2 is 1.74 bits per heavy atom. The van der Waals surface area contributed by atoms with Crippen molar-refractivity contribution in [3.05, 3.63) is 58.1 Å². The van der Waals surface area contributed by atoms with E-state index in [1.807, 2.05) is 25.1 Å². The molecule has 1 unspecified atom stereocenters. The monoisotopic (exact) mass is 370 g/mol. The van der Waals surface area contributed by atoms with Gasteiger partial charge in [0.05, 0.1) is 15.7 Å². The first-order valence-electron chi connectivity index (χ1n) is 7.19. The lowest BCUT2D eigenvalue weighted by molar-refractivity contribution is 0.556. The zero-order valence-corrected chi connectivity index (χ0v) is 14.8. The fourth-order valence-electron chi connectivity index (χ4n) is 2.67. The van der Waals surface area contributed by atoms with Crippen molar-refractivity contribution in [3.8, 4) is 0 Å². The molecule has 0 fully saturated rings. The summed E-state index contributed by atoms with van der Waals surface area (Å²) in [6.07, 6.45) is 0. The number of fused-ring (bicyclic) bond motifs is 1. The first-order valence-corrected chi connectivity index (χ1v) is 9.39. The predicted octanol–water partition coefficient (Wildman–Crippen LogP) is 3.68. The van der Waals surface area contributed by atoms with E-state index >= 15 is 0 Å². The fourth-order valence-corrected chi connectivity index (χ4v) is 5.35. The van der Waals surface area contributed by atoms with Crippen molar-refractivity contribution in [2.24, 2.45) is 0 Å². The molecule has 2 aromatic carbocycles. The highest BCUT2D eigenvalue weighted by Gasteiger charge is 2.33. The van der Waals surface area contributed by atoms with Gasteiger partial charge in [0.2, 0.25) is 0 Å². The third kappa shape index (κ3) is 3.06. The molecule has 4 nitrogen and oxygen atoms in total. The molecule has 0 amide bonds. The average Bonchev–Trinajstić information content (AvgIpc) is 2.67. The Morgan fingerprint density at radius 3 is 2.43 bits per heavy atom. The summed E-state index contributed by atoms with van der Waals surface area (Å²) >= 11 is 12.3. The molecule has 1 atom stereocenters. The van der Waals surface area contributed by atoms with Crippen molar-refractivity contribution in [1.29, 1.82) is 0 Å². The van der Waals surface area contributed by atoms with Gasteiger partial charge in [0, 0.05) is 19.1 Å². The van der Waals surface area contributed by atoms with Gasteiger partial charge >= 0.3 is 0 Å². The standard InChI is InChI=1S/C16H16Cl2N2O2S/c1-11-10-20(15-8-3-2-5-12(15)9-19-11)23(21,22)16-13(17)6-4-7-14(16)18/h2-8,11,19H,9-10H2,1H3. The highest BCUT2D eigenvalue weighted by atomic mass is 35.5. The number of hydrogen-bond donors (Lipinski definition) is 1. The van der Waals surface area contributed by atoms with Crippen LogP contribution in [0, 0.1) is 0 Å². The van der Waals surface area contributed by atoms with Crippen LogP contribution in [0.2, 0.25) is 10.0 Å². The summed E-state index contributed by atoms with van der Waals surface area (Å²) in [6.45, 7) is 2.86. The molecule has 7 heteroatoms. The average molecular weight is 371 g/mol. The van der Waals surface area contributed by atoms with E-state index in [-0.39, 0.29) is 21.0 Å². The second-order valence-electron chi connectivity index (χ2n) is 5.50. The number of nitrogens with zero attached hydrogens (tertiary/aromatic N) is 1. The quantitative estimate of drug-likeness (QED) is 0.876. The minimum absolute atomic E-state index is 0.00145. The molecule has 0 spiro atoms. The van der Waals surface area contributed by atoms with Gasteiger partial charge in [0.25, 0.3) is 10.0 Å². The van der Waals surface area contributed by atoms with Gasteiger partial charge < -0.3 is 5.32 Å². The molecule has 3 rings (SSSR count). The van der Waals surface area contributed by atoms with Crippen molar-refractivity contribution in [3.63, 3.8) is 0 Å². The van der Waals surface area contributed by atoms with E-state index in [2.05, 4.69) is 5.32 Å². The summed E-state index contributed by atoms with van der Waals surface area (Å²) in [6, 6.07) is 12.1. The highest BCUT2D eigenvalue weighted by Crippen LogP contribution is 2.35. The Bertz CT molecular complexity index is 819. The Hall–Kier alpha value is -1.27. The number of rotatable bonds is 2. The van der Waals surface area contributed by atoms with Crippen molar-refractivity contribution in [1.82, 2.24) is 5.32 Å². The number of hydrogen-bond acceptors (Lipinski definition) is 3. The van der Waals surface area contributed by atoms with E-state index in [0.717, 1.165) is 5.56 Å². The van der Waals surface area contributed by atoms with E-state index in [9.17, 15) is 8.42 Å². The Morgan fingerprint density at radius 1 is 1.09 bits per heavy atom. The SMILES string of the molecule is CC1CN(S(=O)(=O)c2c(Cl)cccc2Cl)c2ccccc2CN1. The molecule has 0 bridgehead atoms. The summed E-state index contributed by atoms with van der Waals surface area (Å²) in [4.78, 5) is -0.0489. The Kier molecular flexibility index (Phi) is 4.56. The van der Waals surface area contributed by atoms with Crippen LogP contribution in [-0.2, 0) is 16.6 Å². The molecular formula is C16H16Cl2N2O2S. The van der Waals surface area contributed by atoms with E-state index in [1.54, 1.807) is 12.1 Å². The van der Waals surface area contributed by atoms with Crippen molar-refractivity contribution >= 4 is 38.9 Å². The van der Waals surface area contributed by atoms with Crippen molar-refractivity contribution < 1.29 is 8.42 Å². The highest BCUT2D eigenvalue weighted by molar-refractivity contribution is 7.93. The molecule has 0 saturated heterocycles. The minimum atomic E-state index is -3.86. The van der Waals surface area contributed by atoms with Crippen LogP contribution in [0.3, 0.4) is 0 Å². The van der Waals surface area contributed by atoms with Gasteiger partial charge in [-0.25, -0.2) is 8.42 Å². The summed E-state index contributed by atoms with van der Waals surface area (Å²) in [5.74, 6) is 0. The van der Waals surface area contributed by atoms with Crippen LogP contribution < -0.4 is 9.62 Å². The van der Waals surface area contributed by atoms with E-state index in [0.29, 0.717) is 18.8 Å². The van der Waals surface area contributed by atoms with Crippen LogP contribution in [0.25, 0.3) is 0 Å². The molecule has 0 aliphatic carbocycles. The van der Waals surface area contributed by atoms with Gasteiger partial charge in [-0.2, -0.15) is 0 Å². The molecule has 1 aliphatic rings. The first-order chi connectivity index (χ1) is 10.9. The lowest BCUT2D eigenvalue weighted by atomic mass is 10.2. The molecule has 23 heavy (non-hydrogen) atoms. The lowest BCUT2D eigenvalue weighted by Crippen LogP contribution is -2.39. The Labute approximate surface area is 146 Å². The normalized spacial score (nSPS) is 18.4. The Balaban J connectivity index is 2.19. The number of benzene rings is 2. The second-order valence-corrected chi connectivity index (χ2v) is 8.11. The van der Waals surface area contributed by atoms with Gasteiger partial charge in [-0.3, -0.25) is 4.31 Å². The number of anilines is 1. The van der Waals surface area contributed by atoms with Gasteiger partial charge in [0.1, 0.15) is 4.90 Å². The van der Waals surface area contributed by atoms with Gasteiger partial charge in [-0.1, -0.05) is 47.5 Å². The molecule has 122 valence electrons. The van der Waals surface area contributed by atoms with Crippen molar-refractivity contribution in [2.45, 2.75) is 24.4 Å². The number of para-hydroxylation sites is 1. The number of nitrogens with one attached hydrogen (secondary N) is 1. The molecule has 0 radical (unpaired) electrons. The molecule has 1 N–H and O–H groups in total. The number of halogens is 2. The largest absolute Gasteiger partial charge is 0.308 e. The zero-order chi connectivity index (χ0) is 16.6. The second kappa shape index (κ2) is 6.32. The third-order valence-electron chi connectivity index (χ3n) is 3.81. The van der Waals surface area contributed by atoms with Crippen LogP contribution >= 0.6 is 23.2 Å². The molecule has 0 aromatic heterocycles. The van der Waals surface area contributed by atoms with Crippen LogP contribution in [-0.4, -0.2) is 21.0 Å². The van der Waals surface area contributed by atoms with E-state index in [1.165, 1.54) is 16.4 Å².